The van der Waals surface area contributed by atoms with Crippen molar-refractivity contribution in [1.82, 2.24) is 5.32 Å². The van der Waals surface area contributed by atoms with E-state index in [4.69, 9.17) is 11.6 Å². The maximum atomic E-state index is 12.9. The van der Waals surface area contributed by atoms with Gasteiger partial charge in [0.05, 0.1) is 5.54 Å². The van der Waals surface area contributed by atoms with Crippen LogP contribution in [0.1, 0.15) is 39.2 Å². The Bertz CT molecular complexity index is 670. The summed E-state index contributed by atoms with van der Waals surface area (Å²) in [4.78, 5) is 14.7. The fourth-order valence-corrected chi connectivity index (χ4v) is 2.75. The second-order valence-electron chi connectivity index (χ2n) is 6.41. The van der Waals surface area contributed by atoms with Gasteiger partial charge in [0, 0.05) is 17.3 Å². The zero-order valence-electron chi connectivity index (χ0n) is 14.6. The largest absolute Gasteiger partial charge is 0.329 e. The number of nitrogens with zero attached hydrogens (tertiary/aromatic N) is 1. The molecule has 0 atom stereocenters. The molecule has 0 aliphatic carbocycles. The fourth-order valence-electron chi connectivity index (χ4n) is 2.56. The molecule has 2 rings (SSSR count). The molecule has 0 aromatic heterocycles. The van der Waals surface area contributed by atoms with Crippen molar-refractivity contribution in [3.8, 4) is 0 Å². The van der Waals surface area contributed by atoms with E-state index in [1.165, 1.54) is 0 Å². The van der Waals surface area contributed by atoms with E-state index >= 15 is 0 Å². The van der Waals surface area contributed by atoms with E-state index < -0.39 is 5.54 Å². The van der Waals surface area contributed by atoms with Gasteiger partial charge in [0.1, 0.15) is 0 Å². The minimum Gasteiger partial charge on any atom is -0.329 e. The Kier molecular flexibility index (Phi) is 6.27. The summed E-state index contributed by atoms with van der Waals surface area (Å²) in [5.74, 6) is 0. The lowest BCUT2D eigenvalue weighted by Gasteiger charge is -2.31. The molecule has 0 saturated heterocycles. The Balaban J connectivity index is 2.20. The second-order valence-corrected chi connectivity index (χ2v) is 6.84. The molecule has 3 nitrogen and oxygen atoms in total. The van der Waals surface area contributed by atoms with Gasteiger partial charge in [0.25, 0.3) is 0 Å². The number of nitrogens with one attached hydrogen (secondary N) is 1. The molecule has 0 radical (unpaired) electrons. The van der Waals surface area contributed by atoms with Crippen LogP contribution in [-0.2, 0) is 5.54 Å². The summed E-state index contributed by atoms with van der Waals surface area (Å²) in [6.07, 6.45) is 1.99. The maximum absolute atomic E-state index is 12.9. The van der Waals surface area contributed by atoms with Crippen LogP contribution in [0, 0.1) is 0 Å². The van der Waals surface area contributed by atoms with E-state index in [0.717, 1.165) is 24.1 Å². The summed E-state index contributed by atoms with van der Waals surface area (Å²) in [6.45, 7) is 6.79. The first-order valence-corrected chi connectivity index (χ1v) is 8.72. The lowest BCUT2D eigenvalue weighted by atomic mass is 9.94. The van der Waals surface area contributed by atoms with Gasteiger partial charge >= 0.3 is 6.03 Å². The van der Waals surface area contributed by atoms with E-state index in [9.17, 15) is 4.79 Å². The minimum atomic E-state index is -0.513. The summed E-state index contributed by atoms with van der Waals surface area (Å²) in [7, 11) is 0. The molecule has 0 aliphatic rings. The highest BCUT2D eigenvalue weighted by Crippen LogP contribution is 2.24. The molecule has 0 saturated carbocycles. The molecule has 1 N–H and O–H groups in total. The number of amides is 2. The number of benzene rings is 2. The van der Waals surface area contributed by atoms with Gasteiger partial charge in [-0.3, -0.25) is 4.90 Å². The standard InChI is InChI=1S/C20H25ClN2O/c1-4-5-14-23(18-12-7-6-8-13-18)19(24)22-20(2,3)16-10-9-11-17(21)15-16/h6-13,15H,4-5,14H2,1-3H3,(H,22,24). The van der Waals surface area contributed by atoms with Crippen molar-refractivity contribution >= 4 is 23.3 Å². The Morgan fingerprint density at radius 2 is 1.83 bits per heavy atom. The van der Waals surface area contributed by atoms with Crippen LogP contribution in [0.15, 0.2) is 54.6 Å². The highest BCUT2D eigenvalue weighted by Gasteiger charge is 2.26. The maximum Gasteiger partial charge on any atom is 0.322 e. The van der Waals surface area contributed by atoms with Crippen molar-refractivity contribution in [3.63, 3.8) is 0 Å². The second kappa shape index (κ2) is 8.20. The van der Waals surface area contributed by atoms with Gasteiger partial charge in [-0.2, -0.15) is 0 Å². The number of para-hydroxylation sites is 1. The van der Waals surface area contributed by atoms with Crippen molar-refractivity contribution in [1.29, 1.82) is 0 Å². The van der Waals surface area contributed by atoms with Crippen LogP contribution in [-0.4, -0.2) is 12.6 Å². The lowest BCUT2D eigenvalue weighted by molar-refractivity contribution is 0.235. The highest BCUT2D eigenvalue weighted by molar-refractivity contribution is 6.30. The van der Waals surface area contributed by atoms with Crippen molar-refractivity contribution in [2.75, 3.05) is 11.4 Å². The molecule has 2 aromatic rings. The molecule has 0 heterocycles. The summed E-state index contributed by atoms with van der Waals surface area (Å²) in [6, 6.07) is 17.3. The number of unbranched alkanes of at least 4 members (excludes halogenated alkanes) is 1. The van der Waals surface area contributed by atoms with Gasteiger partial charge in [0.15, 0.2) is 0 Å². The van der Waals surface area contributed by atoms with Crippen LogP contribution in [0.2, 0.25) is 5.02 Å². The number of carbonyl (C=O) groups is 1. The molecular formula is C20H25ClN2O. The Labute approximate surface area is 149 Å². The molecule has 0 spiro atoms. The Morgan fingerprint density at radius 1 is 1.12 bits per heavy atom. The van der Waals surface area contributed by atoms with Crippen LogP contribution in [0.3, 0.4) is 0 Å². The summed E-state index contributed by atoms with van der Waals surface area (Å²) < 4.78 is 0. The van der Waals surface area contributed by atoms with Crippen molar-refractivity contribution in [2.24, 2.45) is 0 Å². The minimum absolute atomic E-state index is 0.0976. The SMILES string of the molecule is CCCCN(C(=O)NC(C)(C)c1cccc(Cl)c1)c1ccccc1. The monoisotopic (exact) mass is 344 g/mol. The zero-order chi connectivity index (χ0) is 17.6. The van der Waals surface area contributed by atoms with Gasteiger partial charge in [0.2, 0.25) is 0 Å². The van der Waals surface area contributed by atoms with E-state index in [0.29, 0.717) is 11.6 Å². The molecule has 2 aromatic carbocycles. The number of halogens is 1. The third kappa shape index (κ3) is 4.75. The third-order valence-electron chi connectivity index (χ3n) is 4.01. The molecular weight excluding hydrogens is 320 g/mol. The van der Waals surface area contributed by atoms with E-state index in [1.807, 2.05) is 68.4 Å². The van der Waals surface area contributed by atoms with Crippen molar-refractivity contribution < 1.29 is 4.79 Å². The van der Waals surface area contributed by atoms with Crippen molar-refractivity contribution in [2.45, 2.75) is 39.2 Å². The number of hydrogen-bond donors (Lipinski definition) is 1. The van der Waals surface area contributed by atoms with Gasteiger partial charge in [-0.15, -0.1) is 0 Å². The average molecular weight is 345 g/mol. The lowest BCUT2D eigenvalue weighted by Crippen LogP contribution is -2.49. The van der Waals surface area contributed by atoms with Gasteiger partial charge in [-0.05, 0) is 50.1 Å². The number of urea groups is 1. The molecule has 0 unspecified atom stereocenters. The van der Waals surface area contributed by atoms with Gasteiger partial charge in [-0.25, -0.2) is 4.79 Å². The highest BCUT2D eigenvalue weighted by atomic mass is 35.5. The van der Waals surface area contributed by atoms with Crippen LogP contribution < -0.4 is 10.2 Å². The Hall–Kier alpha value is -2.00. The molecule has 4 heteroatoms. The van der Waals surface area contributed by atoms with Crippen LogP contribution in [0.4, 0.5) is 10.5 Å². The fraction of sp³-hybridized carbons (Fsp3) is 0.350. The zero-order valence-corrected chi connectivity index (χ0v) is 15.3. The molecule has 128 valence electrons. The number of anilines is 1. The molecule has 0 fully saturated rings. The van der Waals surface area contributed by atoms with Gasteiger partial charge in [-0.1, -0.05) is 55.3 Å². The molecule has 0 bridgehead atoms. The van der Waals surface area contributed by atoms with E-state index in [-0.39, 0.29) is 6.03 Å². The Morgan fingerprint density at radius 3 is 2.46 bits per heavy atom. The molecule has 0 aliphatic heterocycles. The third-order valence-corrected chi connectivity index (χ3v) is 4.25. The van der Waals surface area contributed by atoms with E-state index in [1.54, 1.807) is 4.90 Å². The first-order chi connectivity index (χ1) is 11.4. The molecule has 2 amide bonds. The van der Waals surface area contributed by atoms with Crippen molar-refractivity contribution in [3.05, 3.63) is 65.2 Å². The molecule has 24 heavy (non-hydrogen) atoms. The van der Waals surface area contributed by atoms with E-state index in [2.05, 4.69) is 12.2 Å². The summed E-state index contributed by atoms with van der Waals surface area (Å²) >= 11 is 6.09. The first kappa shape index (κ1) is 18.3. The quantitative estimate of drug-likeness (QED) is 0.727. The van der Waals surface area contributed by atoms with Gasteiger partial charge < -0.3 is 5.32 Å². The predicted molar refractivity (Wildman–Crippen MR) is 102 cm³/mol. The number of rotatable bonds is 6. The summed E-state index contributed by atoms with van der Waals surface area (Å²) in [5.41, 5.74) is 1.37. The van der Waals surface area contributed by atoms with Crippen LogP contribution in [0.25, 0.3) is 0 Å². The van der Waals surface area contributed by atoms with Crippen LogP contribution >= 0.6 is 11.6 Å². The smallest absolute Gasteiger partial charge is 0.322 e. The normalized spacial score (nSPS) is 11.2. The first-order valence-electron chi connectivity index (χ1n) is 8.35. The van der Waals surface area contributed by atoms with Crippen LogP contribution in [0.5, 0.6) is 0 Å². The average Bonchev–Trinajstić information content (AvgIpc) is 2.56. The predicted octanol–water partition coefficient (Wildman–Crippen LogP) is 5.59. The number of carbonyl (C=O) groups excluding carboxylic acids is 1. The topological polar surface area (TPSA) is 32.3 Å². The number of hydrogen-bond acceptors (Lipinski definition) is 1. The summed E-state index contributed by atoms with van der Waals surface area (Å²) in [5, 5.41) is 3.80.